The SMILES string of the molecule is CCCCCCc1ccc(-c2ccccc2[IH+])cc1.F[B-](F)(F)F. The van der Waals surface area contributed by atoms with Gasteiger partial charge in [-0.05, 0) is 36.1 Å². The lowest BCUT2D eigenvalue weighted by molar-refractivity contribution is -0.326. The second-order valence-corrected chi connectivity index (χ2v) is 6.75. The van der Waals surface area contributed by atoms with E-state index in [9.17, 15) is 17.3 Å². The van der Waals surface area contributed by atoms with Crippen molar-refractivity contribution in [3.8, 4) is 11.1 Å². The maximum Gasteiger partial charge on any atom is 0.673 e. The molecule has 6 heteroatoms. The van der Waals surface area contributed by atoms with E-state index < -0.39 is 7.25 Å². The van der Waals surface area contributed by atoms with E-state index in [2.05, 4.69) is 78.0 Å². The molecule has 0 saturated heterocycles. The Morgan fingerprint density at radius 3 is 1.96 bits per heavy atom. The van der Waals surface area contributed by atoms with Crippen molar-refractivity contribution in [3.63, 3.8) is 0 Å². The summed E-state index contributed by atoms with van der Waals surface area (Å²) in [6.07, 6.45) is 6.57. The minimum atomic E-state index is -6.00. The van der Waals surface area contributed by atoms with Crippen molar-refractivity contribution in [2.24, 2.45) is 0 Å². The van der Waals surface area contributed by atoms with Crippen LogP contribution in [0.3, 0.4) is 0 Å². The number of unbranched alkanes of at least 4 members (excludes halogenated alkanes) is 3. The average Bonchev–Trinajstić information content (AvgIpc) is 2.51. The van der Waals surface area contributed by atoms with Gasteiger partial charge in [0.2, 0.25) is 0 Å². The molecule has 0 amide bonds. The molecule has 0 bridgehead atoms. The first kappa shape index (κ1) is 21.0. The van der Waals surface area contributed by atoms with Gasteiger partial charge in [0.05, 0.1) is 0 Å². The first-order chi connectivity index (χ1) is 11.3. The van der Waals surface area contributed by atoms with E-state index in [1.165, 1.54) is 52.4 Å². The summed E-state index contributed by atoms with van der Waals surface area (Å²) in [4.78, 5) is 0. The molecule has 0 spiro atoms. The Morgan fingerprint density at radius 1 is 0.833 bits per heavy atom. The van der Waals surface area contributed by atoms with Crippen molar-refractivity contribution in [1.82, 2.24) is 0 Å². The fourth-order valence-electron chi connectivity index (χ4n) is 2.31. The molecule has 0 N–H and O–H groups in total. The van der Waals surface area contributed by atoms with Gasteiger partial charge in [0.1, 0.15) is 0 Å². The Labute approximate surface area is 154 Å². The topological polar surface area (TPSA) is 0 Å². The highest BCUT2D eigenvalue weighted by Gasteiger charge is 2.20. The van der Waals surface area contributed by atoms with E-state index in [0.29, 0.717) is 0 Å². The molecule has 0 aliphatic rings. The number of halogens is 5. The van der Waals surface area contributed by atoms with Gasteiger partial charge in [-0.25, -0.2) is 0 Å². The molecule has 0 nitrogen and oxygen atoms in total. The molecule has 0 aliphatic heterocycles. The maximum atomic E-state index is 9.75. The van der Waals surface area contributed by atoms with Crippen LogP contribution in [-0.2, 0) is 6.42 Å². The lowest BCUT2D eigenvalue weighted by Gasteiger charge is -2.04. The largest absolute Gasteiger partial charge is 0.673 e. The third-order valence-corrected chi connectivity index (χ3v) is 4.49. The van der Waals surface area contributed by atoms with E-state index in [0.717, 1.165) is 0 Å². The minimum absolute atomic E-state index is 1.22. The highest BCUT2D eigenvalue weighted by atomic mass is 127. The normalized spacial score (nSPS) is 10.9. The van der Waals surface area contributed by atoms with E-state index >= 15 is 0 Å². The average molecular weight is 452 g/mol. The first-order valence-corrected chi connectivity index (χ1v) is 9.20. The molecule has 2 rings (SSSR count). The van der Waals surface area contributed by atoms with Crippen LogP contribution in [0.5, 0.6) is 0 Å². The van der Waals surface area contributed by atoms with Crippen LogP contribution in [0.15, 0.2) is 48.5 Å². The minimum Gasteiger partial charge on any atom is -0.418 e. The molecule has 0 aliphatic carbocycles. The van der Waals surface area contributed by atoms with Gasteiger partial charge in [-0.1, -0.05) is 62.6 Å². The van der Waals surface area contributed by atoms with Gasteiger partial charge < -0.3 is 17.3 Å². The standard InChI is InChI=1S/C18H22I.BF4/c1-2-3-4-5-8-15-11-13-16(14-12-15)17-9-6-7-10-18(17)19;2-1(3,4)5/h6-7,9-14,19H,2-5,8H2,1H3;/q+1;-1. The summed E-state index contributed by atoms with van der Waals surface area (Å²) in [5, 5.41) is 0. The van der Waals surface area contributed by atoms with Gasteiger partial charge in [-0.2, -0.15) is 0 Å². The lowest BCUT2D eigenvalue weighted by atomic mass is 10.0. The zero-order valence-electron chi connectivity index (χ0n) is 13.7. The van der Waals surface area contributed by atoms with E-state index in [4.69, 9.17) is 0 Å². The Balaban J connectivity index is 0.000000505. The predicted molar refractivity (Wildman–Crippen MR) is 90.0 cm³/mol. The third-order valence-electron chi connectivity index (χ3n) is 3.47. The molecule has 0 fully saturated rings. The quantitative estimate of drug-likeness (QED) is 0.274. The molecule has 0 heterocycles. The van der Waals surface area contributed by atoms with Gasteiger partial charge in [-0.15, -0.1) is 0 Å². The molecule has 0 radical (unpaired) electrons. The van der Waals surface area contributed by atoms with Gasteiger partial charge in [0.15, 0.2) is 3.57 Å². The van der Waals surface area contributed by atoms with Crippen molar-refractivity contribution in [2.75, 3.05) is 0 Å². The molecule has 0 unspecified atom stereocenters. The summed E-state index contributed by atoms with van der Waals surface area (Å²) < 4.78 is 40.4. The molecule has 132 valence electrons. The van der Waals surface area contributed by atoms with Crippen molar-refractivity contribution in [3.05, 3.63) is 57.7 Å². The zero-order valence-corrected chi connectivity index (χ0v) is 16.0. The van der Waals surface area contributed by atoms with Crippen LogP contribution in [0.2, 0.25) is 0 Å². The molecule has 0 aromatic heterocycles. The van der Waals surface area contributed by atoms with Crippen LogP contribution in [0.25, 0.3) is 11.1 Å². The second kappa shape index (κ2) is 10.7. The van der Waals surface area contributed by atoms with Gasteiger partial charge >= 0.3 is 7.25 Å². The lowest BCUT2D eigenvalue weighted by Crippen LogP contribution is -3.34. The van der Waals surface area contributed by atoms with E-state index in [-0.39, 0.29) is 0 Å². The molecule has 2 aromatic carbocycles. The Kier molecular flexibility index (Phi) is 9.40. The number of hydrogen-bond donors (Lipinski definition) is 0. The summed E-state index contributed by atoms with van der Waals surface area (Å²) >= 11 is 2.10. The predicted octanol–water partition coefficient (Wildman–Crippen LogP) is 3.23. The molecule has 0 saturated carbocycles. The summed E-state index contributed by atoms with van der Waals surface area (Å²) in [6, 6.07) is 17.7. The Bertz CT molecular complexity index is 591. The van der Waals surface area contributed by atoms with Crippen LogP contribution in [0.1, 0.15) is 38.2 Å². The monoisotopic (exact) mass is 452 g/mol. The zero-order chi connectivity index (χ0) is 18.0. The maximum absolute atomic E-state index is 9.75. The number of benzene rings is 2. The van der Waals surface area contributed by atoms with E-state index in [1.54, 1.807) is 0 Å². The molecule has 24 heavy (non-hydrogen) atoms. The first-order valence-electron chi connectivity index (χ1n) is 8.04. The third kappa shape index (κ3) is 9.30. The number of rotatable bonds is 6. The number of hydrogen-bond acceptors (Lipinski definition) is 0. The summed E-state index contributed by atoms with van der Waals surface area (Å²) in [7, 11) is -6.00. The van der Waals surface area contributed by atoms with Crippen molar-refractivity contribution in [1.29, 1.82) is 0 Å². The van der Waals surface area contributed by atoms with Gasteiger partial charge in [-0.3, -0.25) is 0 Å². The highest BCUT2D eigenvalue weighted by molar-refractivity contribution is 6.50. The van der Waals surface area contributed by atoms with Crippen LogP contribution >= 0.6 is 0 Å². The van der Waals surface area contributed by atoms with Crippen LogP contribution in [0, 0.1) is 3.57 Å². The van der Waals surface area contributed by atoms with Crippen molar-refractivity contribution in [2.45, 2.75) is 39.0 Å². The smallest absolute Gasteiger partial charge is 0.418 e. The summed E-state index contributed by atoms with van der Waals surface area (Å²) in [6.45, 7) is 2.26. The van der Waals surface area contributed by atoms with Gasteiger partial charge in [0.25, 0.3) is 22.6 Å². The van der Waals surface area contributed by atoms with Crippen molar-refractivity contribution >= 4 is 7.25 Å². The summed E-state index contributed by atoms with van der Waals surface area (Å²) in [5.41, 5.74) is 4.15. The summed E-state index contributed by atoms with van der Waals surface area (Å²) in [5.74, 6) is 0. The fraction of sp³-hybridized carbons (Fsp3) is 0.333. The molecule has 2 aromatic rings. The van der Waals surface area contributed by atoms with Gasteiger partial charge in [0, 0.05) is 5.56 Å². The van der Waals surface area contributed by atoms with Crippen LogP contribution in [0.4, 0.5) is 17.3 Å². The fourth-order valence-corrected chi connectivity index (χ4v) is 3.07. The second-order valence-electron chi connectivity index (χ2n) is 5.50. The van der Waals surface area contributed by atoms with Crippen LogP contribution < -0.4 is 22.6 Å². The Hall–Kier alpha value is -1.05. The van der Waals surface area contributed by atoms with Crippen molar-refractivity contribution < 1.29 is 39.9 Å². The van der Waals surface area contributed by atoms with E-state index in [1.807, 2.05) is 0 Å². The molecular weight excluding hydrogens is 430 g/mol. The highest BCUT2D eigenvalue weighted by Crippen LogP contribution is 2.20. The number of aryl methyl sites for hydroxylation is 1. The molecular formula is C18H22BF4I. The van der Waals surface area contributed by atoms with Crippen LogP contribution in [-0.4, -0.2) is 7.25 Å². The Morgan fingerprint density at radius 2 is 1.42 bits per heavy atom. The molecule has 0 atom stereocenters.